The Morgan fingerprint density at radius 2 is 1.11 bits per heavy atom. The molecule has 8 nitrogen and oxygen atoms in total. The molecule has 7 rings (SSSR count). The smallest absolute Gasteiger partial charge is 0.261 e. The molecule has 2 aliphatic heterocycles. The molecule has 5 unspecified atom stereocenters. The van der Waals surface area contributed by atoms with Gasteiger partial charge in [-0.05, 0) is 115 Å². The molecule has 5 aromatic carbocycles. The Morgan fingerprint density at radius 1 is 0.679 bits per heavy atom. The normalized spacial score (nSPS) is 18.2. The Morgan fingerprint density at radius 3 is 1.53 bits per heavy atom. The average Bonchev–Trinajstić information content (AvgIpc) is 3.12. The monoisotopic (exact) mass is 752 g/mol. The number of fused-ring (bicyclic) bond motifs is 2. The standard InChI is InChI=1S/C43H49N2O6PS/c1-22(2)21-52-25(5)43(8,53)24(4)51-42(6,7)23(3)45-40(48)32-17-13-28-26-11-15-30-36-31(39(47)44(38(30)46)19-10-20-50-9)16-12-27(34(26)36)29-14-18-33(41(45)49)37(32)35(28)29/h11-18,22-25,52-53H,10,19-21H2,1-9H3. The van der Waals surface area contributed by atoms with E-state index in [2.05, 4.69) is 27.7 Å². The third-order valence-electron chi connectivity index (χ3n) is 11.9. The zero-order valence-electron chi connectivity index (χ0n) is 32.0. The molecule has 2 heterocycles. The molecule has 0 bridgehead atoms. The fraction of sp³-hybridized carbons (Fsp3) is 0.442. The lowest BCUT2D eigenvalue weighted by molar-refractivity contribution is -0.106. The minimum Gasteiger partial charge on any atom is -0.385 e. The molecule has 4 amide bonds. The predicted molar refractivity (Wildman–Crippen MR) is 219 cm³/mol. The van der Waals surface area contributed by atoms with Crippen LogP contribution in [0.4, 0.5) is 0 Å². The topological polar surface area (TPSA) is 93.2 Å². The second kappa shape index (κ2) is 13.6. The molecule has 5 atom stereocenters. The summed E-state index contributed by atoms with van der Waals surface area (Å²) in [4.78, 5) is 59.0. The Bertz CT molecular complexity index is 2210. The van der Waals surface area contributed by atoms with Gasteiger partial charge in [0.25, 0.3) is 23.6 Å². The summed E-state index contributed by atoms with van der Waals surface area (Å²) in [5, 5.41) is 6.38. The van der Waals surface area contributed by atoms with Crippen molar-refractivity contribution in [3.05, 3.63) is 70.8 Å². The van der Waals surface area contributed by atoms with Gasteiger partial charge in [-0.15, -0.1) is 8.58 Å². The summed E-state index contributed by atoms with van der Waals surface area (Å²) in [6, 6.07) is 14.4. The summed E-state index contributed by atoms with van der Waals surface area (Å²) in [5.74, 6) is -0.732. The number of ether oxygens (including phenoxy) is 2. The maximum Gasteiger partial charge on any atom is 0.261 e. The number of benzene rings is 5. The molecule has 0 aliphatic carbocycles. The van der Waals surface area contributed by atoms with E-state index < -0.39 is 16.4 Å². The van der Waals surface area contributed by atoms with E-state index in [1.807, 2.05) is 64.1 Å². The van der Waals surface area contributed by atoms with Crippen LogP contribution >= 0.6 is 21.2 Å². The van der Waals surface area contributed by atoms with Gasteiger partial charge in [0.15, 0.2) is 0 Å². The number of hydrogen-bond donors (Lipinski definition) is 1. The van der Waals surface area contributed by atoms with E-state index in [1.54, 1.807) is 19.2 Å². The second-order valence-corrected chi connectivity index (χ2v) is 18.7. The van der Waals surface area contributed by atoms with E-state index in [0.717, 1.165) is 47.1 Å². The summed E-state index contributed by atoms with van der Waals surface area (Å²) in [5.41, 5.74) is 1.35. The summed E-state index contributed by atoms with van der Waals surface area (Å²) in [6.45, 7) is 17.3. The number of carbonyl (C=O) groups excluding carboxylic acids is 4. The molecule has 2 aliphatic rings. The van der Waals surface area contributed by atoms with E-state index in [-0.39, 0.29) is 36.3 Å². The highest BCUT2D eigenvalue weighted by Crippen LogP contribution is 2.47. The lowest BCUT2D eigenvalue weighted by Crippen LogP contribution is -2.57. The fourth-order valence-electron chi connectivity index (χ4n) is 8.21. The third-order valence-corrected chi connectivity index (χ3v) is 15.1. The molecule has 5 aromatic rings. The van der Waals surface area contributed by atoms with Crippen molar-refractivity contribution in [2.45, 2.75) is 90.0 Å². The first kappa shape index (κ1) is 37.7. The van der Waals surface area contributed by atoms with E-state index in [4.69, 9.17) is 22.1 Å². The first-order valence-corrected chi connectivity index (χ1v) is 20.3. The molecule has 10 heteroatoms. The number of amides is 4. The molecule has 0 radical (unpaired) electrons. The molecule has 53 heavy (non-hydrogen) atoms. The van der Waals surface area contributed by atoms with Gasteiger partial charge in [-0.2, -0.15) is 12.6 Å². The van der Waals surface area contributed by atoms with Gasteiger partial charge >= 0.3 is 0 Å². The van der Waals surface area contributed by atoms with Crippen molar-refractivity contribution in [2.24, 2.45) is 5.92 Å². The van der Waals surface area contributed by atoms with Gasteiger partial charge in [0.1, 0.15) is 0 Å². The number of carbonyl (C=O) groups is 4. The summed E-state index contributed by atoms with van der Waals surface area (Å²) in [7, 11) is 2.34. The maximum absolute atomic E-state index is 14.5. The minimum absolute atomic E-state index is 0.250. The molecule has 0 aromatic heterocycles. The zero-order chi connectivity index (χ0) is 38.3. The van der Waals surface area contributed by atoms with Crippen molar-refractivity contribution >= 4 is 87.9 Å². The lowest BCUT2D eigenvalue weighted by atomic mass is 9.82. The molecular formula is C43H49N2O6PS. The number of rotatable bonds is 13. The first-order valence-electron chi connectivity index (χ1n) is 18.6. The van der Waals surface area contributed by atoms with Crippen LogP contribution in [0.5, 0.6) is 0 Å². The van der Waals surface area contributed by atoms with Crippen LogP contribution in [-0.4, -0.2) is 88.0 Å². The van der Waals surface area contributed by atoms with Crippen molar-refractivity contribution in [1.82, 2.24) is 9.80 Å². The van der Waals surface area contributed by atoms with Gasteiger partial charge in [-0.1, -0.05) is 45.0 Å². The molecule has 0 fully saturated rings. The van der Waals surface area contributed by atoms with Crippen LogP contribution in [0.15, 0.2) is 48.5 Å². The highest BCUT2D eigenvalue weighted by Gasteiger charge is 2.46. The highest BCUT2D eigenvalue weighted by molar-refractivity contribution is 7.82. The Balaban J connectivity index is 1.28. The Hall–Kier alpha value is -3.62. The van der Waals surface area contributed by atoms with Crippen molar-refractivity contribution < 1.29 is 28.7 Å². The number of hydrogen-bond acceptors (Lipinski definition) is 7. The van der Waals surface area contributed by atoms with Crippen molar-refractivity contribution in [3.63, 3.8) is 0 Å². The largest absolute Gasteiger partial charge is 0.385 e. The van der Waals surface area contributed by atoms with Crippen molar-refractivity contribution in [1.29, 1.82) is 0 Å². The first-order chi connectivity index (χ1) is 25.0. The van der Waals surface area contributed by atoms with Gasteiger partial charge in [0, 0.05) is 58.0 Å². The lowest BCUT2D eigenvalue weighted by Gasteiger charge is -2.45. The molecule has 0 N–H and O–H groups in total. The van der Waals surface area contributed by atoms with Crippen LogP contribution in [-0.2, 0) is 9.47 Å². The number of thiol groups is 1. The number of nitrogens with zero attached hydrogens (tertiary/aromatic N) is 2. The molecule has 0 spiro atoms. The van der Waals surface area contributed by atoms with Crippen LogP contribution in [0.25, 0.3) is 43.1 Å². The zero-order valence-corrected chi connectivity index (χ0v) is 33.9. The molecular weight excluding hydrogens is 704 g/mol. The molecule has 0 saturated carbocycles. The van der Waals surface area contributed by atoms with Crippen LogP contribution < -0.4 is 0 Å². The maximum atomic E-state index is 14.5. The van der Waals surface area contributed by atoms with E-state index >= 15 is 0 Å². The Labute approximate surface area is 318 Å². The quantitative estimate of drug-likeness (QED) is 0.0323. The van der Waals surface area contributed by atoms with Gasteiger partial charge in [0.05, 0.1) is 17.7 Å². The second-order valence-electron chi connectivity index (χ2n) is 16.0. The van der Waals surface area contributed by atoms with Gasteiger partial charge in [0.2, 0.25) is 0 Å². The van der Waals surface area contributed by atoms with Crippen LogP contribution in [0.2, 0.25) is 0 Å². The summed E-state index contributed by atoms with van der Waals surface area (Å²) < 4.78 is 11.5. The van der Waals surface area contributed by atoms with E-state index in [9.17, 15) is 19.2 Å². The van der Waals surface area contributed by atoms with Crippen molar-refractivity contribution in [2.75, 3.05) is 26.4 Å². The SMILES string of the molecule is COCCCN1C(=O)c2ccc3c4ccc5c6c(ccc(c7ccc(c2c37)C1=O)c64)C(=O)N(C(C)C(C)(C)OC(C)C(C)(S)C(C)PCC(C)C)C5=O. The third kappa shape index (κ3) is 5.85. The van der Waals surface area contributed by atoms with Crippen LogP contribution in [0, 0.1) is 5.92 Å². The fourth-order valence-corrected chi connectivity index (χ4v) is 10.0. The predicted octanol–water partition coefficient (Wildman–Crippen LogP) is 8.95. The summed E-state index contributed by atoms with van der Waals surface area (Å²) in [6.07, 6.45) is 1.43. The van der Waals surface area contributed by atoms with Crippen molar-refractivity contribution in [3.8, 4) is 0 Å². The van der Waals surface area contributed by atoms with Gasteiger partial charge in [-0.3, -0.25) is 29.0 Å². The average molecular weight is 753 g/mol. The highest BCUT2D eigenvalue weighted by atomic mass is 32.1. The van der Waals surface area contributed by atoms with E-state index in [0.29, 0.717) is 57.6 Å². The van der Waals surface area contributed by atoms with E-state index in [1.165, 1.54) is 9.80 Å². The summed E-state index contributed by atoms with van der Waals surface area (Å²) >= 11 is 5.10. The molecule has 0 saturated heterocycles. The number of methoxy groups -OCH3 is 1. The molecule has 278 valence electrons. The number of imide groups is 2. The Kier molecular flexibility index (Phi) is 9.67. The van der Waals surface area contributed by atoms with Crippen LogP contribution in [0.1, 0.15) is 103 Å². The van der Waals surface area contributed by atoms with Gasteiger partial charge in [-0.25, -0.2) is 0 Å². The van der Waals surface area contributed by atoms with Crippen LogP contribution in [0.3, 0.4) is 0 Å². The minimum atomic E-state index is -0.874. The van der Waals surface area contributed by atoms with Gasteiger partial charge < -0.3 is 9.47 Å².